The lowest BCUT2D eigenvalue weighted by Gasteiger charge is -2.28. The number of benzene rings is 3. The lowest BCUT2D eigenvalue weighted by molar-refractivity contribution is 0.0950. The molecule has 8 nitrogen and oxygen atoms in total. The van der Waals surface area contributed by atoms with Gasteiger partial charge in [0.25, 0.3) is 11.8 Å². The molecule has 0 aromatic heterocycles. The molecule has 3 aromatic carbocycles. The van der Waals surface area contributed by atoms with E-state index in [9.17, 15) is 18.8 Å². The number of amides is 4. The van der Waals surface area contributed by atoms with E-state index in [4.69, 9.17) is 0 Å². The Bertz CT molecular complexity index is 1380. The van der Waals surface area contributed by atoms with Crippen LogP contribution in [-0.2, 0) is 6.54 Å². The molecule has 0 bridgehead atoms. The predicted octanol–water partition coefficient (Wildman–Crippen LogP) is 5.56. The summed E-state index contributed by atoms with van der Waals surface area (Å²) in [6.07, 6.45) is 6.39. The molecule has 3 N–H and O–H groups in total. The van der Waals surface area contributed by atoms with Crippen LogP contribution in [0.25, 0.3) is 0 Å². The zero-order valence-electron chi connectivity index (χ0n) is 23.8. The van der Waals surface area contributed by atoms with Crippen LogP contribution < -0.4 is 20.9 Å². The van der Waals surface area contributed by atoms with Gasteiger partial charge in [0.05, 0.1) is 5.56 Å². The fourth-order valence-corrected chi connectivity index (χ4v) is 5.62. The monoisotopic (exact) mass is 571 g/mol. The van der Waals surface area contributed by atoms with Crippen molar-refractivity contribution in [3.05, 3.63) is 95.3 Å². The van der Waals surface area contributed by atoms with Crippen LogP contribution in [0.15, 0.2) is 72.8 Å². The van der Waals surface area contributed by atoms with Crippen LogP contribution in [0.4, 0.5) is 20.6 Å². The number of carbonyl (C=O) groups excluding carboxylic acids is 3. The second-order valence-electron chi connectivity index (χ2n) is 11.0. The van der Waals surface area contributed by atoms with Gasteiger partial charge in [0, 0.05) is 55.7 Å². The summed E-state index contributed by atoms with van der Waals surface area (Å²) in [4.78, 5) is 43.4. The largest absolute Gasteiger partial charge is 0.369 e. The number of nitrogens with one attached hydrogen (secondary N) is 3. The van der Waals surface area contributed by atoms with Crippen LogP contribution in [0.2, 0.25) is 0 Å². The smallest absolute Gasteiger partial charge is 0.317 e. The molecule has 1 heterocycles. The molecule has 1 saturated carbocycles. The lowest BCUT2D eigenvalue weighted by atomic mass is 9.96. The minimum absolute atomic E-state index is 0.0139. The van der Waals surface area contributed by atoms with Gasteiger partial charge in [-0.05, 0) is 67.3 Å². The highest BCUT2D eigenvalue weighted by molar-refractivity contribution is 6.06. The standard InChI is InChI=1S/C33H38FN5O3/c34-26-14-12-24(13-15-26)23-35-32(41)29-22-28(36-31(40)25-8-3-1-4-9-25)16-17-30(29)38-18-7-19-39(21-20-38)33(42)37-27-10-5-2-6-11-27/h1,3-4,8-9,12-17,22,27H,2,5-7,10-11,18-21,23H2,(H,35,41)(H,36,40)(H,37,42). The Morgan fingerprint density at radius 2 is 1.55 bits per heavy atom. The van der Waals surface area contributed by atoms with Gasteiger partial charge in [0.2, 0.25) is 0 Å². The highest BCUT2D eigenvalue weighted by Gasteiger charge is 2.25. The number of anilines is 2. The summed E-state index contributed by atoms with van der Waals surface area (Å²) in [5.74, 6) is -0.909. The molecule has 0 radical (unpaired) electrons. The van der Waals surface area contributed by atoms with E-state index in [0.717, 1.165) is 43.4 Å². The molecule has 1 aliphatic heterocycles. The quantitative estimate of drug-likeness (QED) is 0.346. The molecule has 9 heteroatoms. The molecule has 2 fully saturated rings. The first kappa shape index (κ1) is 29.1. The van der Waals surface area contributed by atoms with E-state index in [-0.39, 0.29) is 36.2 Å². The van der Waals surface area contributed by atoms with Crippen molar-refractivity contribution in [3.8, 4) is 0 Å². The molecule has 2 aliphatic rings. The van der Waals surface area contributed by atoms with Crippen molar-refractivity contribution in [2.75, 3.05) is 36.4 Å². The van der Waals surface area contributed by atoms with Crippen molar-refractivity contribution in [1.29, 1.82) is 0 Å². The Morgan fingerprint density at radius 1 is 0.786 bits per heavy atom. The van der Waals surface area contributed by atoms with Crippen molar-refractivity contribution in [3.63, 3.8) is 0 Å². The molecule has 3 aromatic rings. The maximum atomic E-state index is 13.5. The summed E-state index contributed by atoms with van der Waals surface area (Å²) in [6.45, 7) is 2.68. The van der Waals surface area contributed by atoms with Crippen molar-refractivity contribution in [2.45, 2.75) is 51.1 Å². The summed E-state index contributed by atoms with van der Waals surface area (Å²) < 4.78 is 13.4. The molecular weight excluding hydrogens is 533 g/mol. The van der Waals surface area contributed by atoms with Gasteiger partial charge in [-0.15, -0.1) is 0 Å². The van der Waals surface area contributed by atoms with Gasteiger partial charge >= 0.3 is 6.03 Å². The lowest BCUT2D eigenvalue weighted by Crippen LogP contribution is -2.46. The average Bonchev–Trinajstić information content (AvgIpc) is 3.28. The topological polar surface area (TPSA) is 93.8 Å². The Hall–Kier alpha value is -4.40. The molecule has 42 heavy (non-hydrogen) atoms. The molecule has 4 amide bonds. The van der Waals surface area contributed by atoms with Crippen LogP contribution in [0.3, 0.4) is 0 Å². The SMILES string of the molecule is O=C(Nc1ccc(N2CCCN(C(=O)NC3CCCCC3)CC2)c(C(=O)NCc2ccc(F)cc2)c1)c1ccccc1. The fraction of sp³-hybridized carbons (Fsp3) is 0.364. The van der Waals surface area contributed by atoms with E-state index < -0.39 is 0 Å². The van der Waals surface area contributed by atoms with Gasteiger partial charge in [-0.2, -0.15) is 0 Å². The van der Waals surface area contributed by atoms with Crippen LogP contribution in [-0.4, -0.2) is 55.0 Å². The Kier molecular flexibility index (Phi) is 9.69. The molecule has 0 atom stereocenters. The fourth-order valence-electron chi connectivity index (χ4n) is 5.62. The minimum Gasteiger partial charge on any atom is -0.369 e. The number of hydrogen-bond acceptors (Lipinski definition) is 4. The number of urea groups is 1. The van der Waals surface area contributed by atoms with Crippen LogP contribution in [0.1, 0.15) is 64.8 Å². The molecule has 1 saturated heterocycles. The van der Waals surface area contributed by atoms with Crippen LogP contribution in [0, 0.1) is 5.82 Å². The van der Waals surface area contributed by atoms with Gasteiger partial charge in [-0.25, -0.2) is 9.18 Å². The predicted molar refractivity (Wildman–Crippen MR) is 162 cm³/mol. The molecular formula is C33H38FN5O3. The van der Waals surface area contributed by atoms with E-state index in [1.807, 2.05) is 17.0 Å². The van der Waals surface area contributed by atoms with Crippen molar-refractivity contribution in [1.82, 2.24) is 15.5 Å². The second kappa shape index (κ2) is 14.0. The highest BCUT2D eigenvalue weighted by Crippen LogP contribution is 2.27. The van der Waals surface area contributed by atoms with E-state index in [0.29, 0.717) is 43.0 Å². The zero-order valence-corrected chi connectivity index (χ0v) is 23.8. The molecule has 220 valence electrons. The second-order valence-corrected chi connectivity index (χ2v) is 11.0. The number of halogens is 1. The number of hydrogen-bond donors (Lipinski definition) is 3. The van der Waals surface area contributed by atoms with E-state index in [2.05, 4.69) is 20.9 Å². The third kappa shape index (κ3) is 7.66. The molecule has 1 aliphatic carbocycles. The minimum atomic E-state index is -0.336. The summed E-state index contributed by atoms with van der Waals surface area (Å²) in [6, 6.07) is 20.5. The van der Waals surface area contributed by atoms with Gasteiger partial charge < -0.3 is 25.8 Å². The summed E-state index contributed by atoms with van der Waals surface area (Å²) >= 11 is 0. The van der Waals surface area contributed by atoms with Crippen molar-refractivity contribution in [2.24, 2.45) is 0 Å². The summed E-state index contributed by atoms with van der Waals surface area (Å²) in [5, 5.41) is 9.05. The molecule has 0 spiro atoms. The van der Waals surface area contributed by atoms with Gasteiger partial charge in [0.1, 0.15) is 5.82 Å². The Morgan fingerprint density at radius 3 is 2.31 bits per heavy atom. The van der Waals surface area contributed by atoms with Crippen molar-refractivity contribution < 1.29 is 18.8 Å². The maximum Gasteiger partial charge on any atom is 0.317 e. The van der Waals surface area contributed by atoms with E-state index >= 15 is 0 Å². The third-order valence-electron chi connectivity index (χ3n) is 7.96. The first-order valence-electron chi connectivity index (χ1n) is 14.8. The normalized spacial score (nSPS) is 15.9. The Labute approximate surface area is 246 Å². The van der Waals surface area contributed by atoms with Gasteiger partial charge in [0.15, 0.2) is 0 Å². The number of carbonyl (C=O) groups is 3. The third-order valence-corrected chi connectivity index (χ3v) is 7.96. The number of nitrogens with zero attached hydrogens (tertiary/aromatic N) is 2. The molecule has 0 unspecified atom stereocenters. The number of rotatable bonds is 7. The Balaban J connectivity index is 1.31. The van der Waals surface area contributed by atoms with Crippen molar-refractivity contribution >= 4 is 29.2 Å². The summed E-state index contributed by atoms with van der Waals surface area (Å²) in [5.41, 5.74) is 2.95. The highest BCUT2D eigenvalue weighted by atomic mass is 19.1. The molecule has 5 rings (SSSR count). The van der Waals surface area contributed by atoms with E-state index in [1.54, 1.807) is 48.5 Å². The van der Waals surface area contributed by atoms with Crippen LogP contribution >= 0.6 is 0 Å². The average molecular weight is 572 g/mol. The van der Waals surface area contributed by atoms with Crippen LogP contribution in [0.5, 0.6) is 0 Å². The maximum absolute atomic E-state index is 13.5. The zero-order chi connectivity index (χ0) is 29.3. The summed E-state index contributed by atoms with van der Waals surface area (Å²) in [7, 11) is 0. The van der Waals surface area contributed by atoms with Gasteiger partial charge in [-0.1, -0.05) is 49.6 Å². The van der Waals surface area contributed by atoms with E-state index in [1.165, 1.54) is 18.6 Å². The first-order chi connectivity index (χ1) is 20.5. The first-order valence-corrected chi connectivity index (χ1v) is 14.8. The van der Waals surface area contributed by atoms with Gasteiger partial charge in [-0.3, -0.25) is 9.59 Å².